The number of rotatable bonds is 3. The SMILES string of the molecule is COc1ccccc1NC(=O)C1CCC(C)NC1. The second-order valence-corrected chi connectivity index (χ2v) is 4.77. The van der Waals surface area contributed by atoms with Gasteiger partial charge >= 0.3 is 0 Å². The van der Waals surface area contributed by atoms with Gasteiger partial charge in [0, 0.05) is 12.6 Å². The second-order valence-electron chi connectivity index (χ2n) is 4.77. The minimum atomic E-state index is 0.0473. The van der Waals surface area contributed by atoms with Crippen molar-refractivity contribution in [2.45, 2.75) is 25.8 Å². The molecular formula is C14H20N2O2. The van der Waals surface area contributed by atoms with E-state index in [1.54, 1.807) is 7.11 Å². The van der Waals surface area contributed by atoms with Crippen molar-refractivity contribution in [1.82, 2.24) is 5.32 Å². The van der Waals surface area contributed by atoms with Crippen LogP contribution < -0.4 is 15.4 Å². The fourth-order valence-electron chi connectivity index (χ4n) is 2.21. The highest BCUT2D eigenvalue weighted by molar-refractivity contribution is 5.94. The summed E-state index contributed by atoms with van der Waals surface area (Å²) < 4.78 is 5.22. The number of anilines is 1. The Balaban J connectivity index is 1.98. The zero-order valence-corrected chi connectivity index (χ0v) is 10.9. The maximum Gasteiger partial charge on any atom is 0.228 e. The number of ether oxygens (including phenoxy) is 1. The van der Waals surface area contributed by atoms with E-state index in [1.807, 2.05) is 24.3 Å². The summed E-state index contributed by atoms with van der Waals surface area (Å²) in [6.07, 6.45) is 1.99. The van der Waals surface area contributed by atoms with Crippen LogP contribution in [-0.2, 0) is 4.79 Å². The van der Waals surface area contributed by atoms with Crippen LogP contribution in [0, 0.1) is 5.92 Å². The molecule has 2 atom stereocenters. The van der Waals surface area contributed by atoms with E-state index in [0.717, 1.165) is 25.1 Å². The van der Waals surface area contributed by atoms with E-state index in [-0.39, 0.29) is 11.8 Å². The lowest BCUT2D eigenvalue weighted by Crippen LogP contribution is -2.41. The molecule has 4 nitrogen and oxygen atoms in total. The Morgan fingerprint density at radius 2 is 2.17 bits per heavy atom. The molecule has 2 N–H and O–H groups in total. The number of amides is 1. The van der Waals surface area contributed by atoms with Gasteiger partial charge in [0.25, 0.3) is 0 Å². The summed E-state index contributed by atoms with van der Waals surface area (Å²) in [7, 11) is 1.61. The lowest BCUT2D eigenvalue weighted by atomic mass is 9.95. The third-order valence-corrected chi connectivity index (χ3v) is 3.40. The van der Waals surface area contributed by atoms with Crippen molar-refractivity contribution in [3.8, 4) is 5.75 Å². The van der Waals surface area contributed by atoms with Crippen LogP contribution in [-0.4, -0.2) is 25.6 Å². The molecule has 1 aliphatic rings. The van der Waals surface area contributed by atoms with Crippen molar-refractivity contribution in [3.05, 3.63) is 24.3 Å². The first kappa shape index (κ1) is 12.9. The number of hydrogen-bond acceptors (Lipinski definition) is 3. The zero-order chi connectivity index (χ0) is 13.0. The summed E-state index contributed by atoms with van der Waals surface area (Å²) in [5.41, 5.74) is 0.739. The molecule has 0 aromatic heterocycles. The number of nitrogens with one attached hydrogen (secondary N) is 2. The molecule has 1 saturated heterocycles. The standard InChI is InChI=1S/C14H20N2O2/c1-10-7-8-11(9-15-10)14(17)16-12-5-3-4-6-13(12)18-2/h3-6,10-11,15H,7-9H2,1-2H3,(H,16,17). The third-order valence-electron chi connectivity index (χ3n) is 3.40. The largest absolute Gasteiger partial charge is 0.495 e. The molecule has 2 rings (SSSR count). The average Bonchev–Trinajstić information content (AvgIpc) is 2.40. The highest BCUT2D eigenvalue weighted by atomic mass is 16.5. The van der Waals surface area contributed by atoms with Crippen LogP contribution in [0.5, 0.6) is 5.75 Å². The number of hydrogen-bond donors (Lipinski definition) is 2. The molecule has 0 spiro atoms. The molecule has 1 heterocycles. The van der Waals surface area contributed by atoms with Crippen LogP contribution in [0.2, 0.25) is 0 Å². The molecule has 1 aliphatic heterocycles. The van der Waals surface area contributed by atoms with E-state index >= 15 is 0 Å². The number of carbonyl (C=O) groups is 1. The first-order valence-electron chi connectivity index (χ1n) is 6.38. The van der Waals surface area contributed by atoms with Gasteiger partial charge in [-0.25, -0.2) is 0 Å². The molecule has 2 unspecified atom stereocenters. The molecular weight excluding hydrogens is 228 g/mol. The van der Waals surface area contributed by atoms with Crippen LogP contribution in [0.1, 0.15) is 19.8 Å². The van der Waals surface area contributed by atoms with Gasteiger partial charge < -0.3 is 15.4 Å². The van der Waals surface area contributed by atoms with Gasteiger partial charge in [0.05, 0.1) is 18.7 Å². The predicted molar refractivity (Wildman–Crippen MR) is 71.8 cm³/mol. The first-order valence-corrected chi connectivity index (χ1v) is 6.38. The lowest BCUT2D eigenvalue weighted by Gasteiger charge is -2.26. The smallest absolute Gasteiger partial charge is 0.228 e. The van der Waals surface area contributed by atoms with Crippen LogP contribution in [0.15, 0.2) is 24.3 Å². The summed E-state index contributed by atoms with van der Waals surface area (Å²) in [5.74, 6) is 0.813. The fourth-order valence-corrected chi connectivity index (χ4v) is 2.21. The Morgan fingerprint density at radius 3 is 2.83 bits per heavy atom. The van der Waals surface area contributed by atoms with Crippen LogP contribution in [0.25, 0.3) is 0 Å². The average molecular weight is 248 g/mol. The van der Waals surface area contributed by atoms with Gasteiger partial charge in [-0.2, -0.15) is 0 Å². The van der Waals surface area contributed by atoms with Gasteiger partial charge in [0.1, 0.15) is 5.75 Å². The minimum absolute atomic E-state index is 0.0473. The number of piperidine rings is 1. The number of benzene rings is 1. The molecule has 18 heavy (non-hydrogen) atoms. The quantitative estimate of drug-likeness (QED) is 0.860. The van der Waals surface area contributed by atoms with Crippen molar-refractivity contribution in [2.24, 2.45) is 5.92 Å². The third kappa shape index (κ3) is 3.01. The summed E-state index contributed by atoms with van der Waals surface area (Å²) in [6, 6.07) is 7.99. The van der Waals surface area contributed by atoms with Gasteiger partial charge in [-0.15, -0.1) is 0 Å². The topological polar surface area (TPSA) is 50.4 Å². The molecule has 1 amide bonds. The van der Waals surface area contributed by atoms with Gasteiger partial charge in [-0.1, -0.05) is 12.1 Å². The number of methoxy groups -OCH3 is 1. The van der Waals surface area contributed by atoms with E-state index in [1.165, 1.54) is 0 Å². The molecule has 0 saturated carbocycles. The van der Waals surface area contributed by atoms with Crippen LogP contribution in [0.4, 0.5) is 5.69 Å². The Morgan fingerprint density at radius 1 is 1.39 bits per heavy atom. The van der Waals surface area contributed by atoms with Gasteiger partial charge in [0.15, 0.2) is 0 Å². The summed E-state index contributed by atoms with van der Waals surface area (Å²) in [5, 5.41) is 6.28. The van der Waals surface area contributed by atoms with E-state index in [4.69, 9.17) is 4.74 Å². The van der Waals surface area contributed by atoms with Crippen molar-refractivity contribution in [3.63, 3.8) is 0 Å². The van der Waals surface area contributed by atoms with E-state index in [2.05, 4.69) is 17.6 Å². The Hall–Kier alpha value is -1.55. The maximum absolute atomic E-state index is 12.1. The van der Waals surface area contributed by atoms with Crippen molar-refractivity contribution >= 4 is 11.6 Å². The maximum atomic E-state index is 12.1. The van der Waals surface area contributed by atoms with Gasteiger partial charge in [-0.3, -0.25) is 4.79 Å². The molecule has 1 aromatic rings. The Kier molecular flexibility index (Phi) is 4.20. The first-order chi connectivity index (χ1) is 8.70. The highest BCUT2D eigenvalue weighted by Crippen LogP contribution is 2.24. The summed E-state index contributed by atoms with van der Waals surface area (Å²) in [6.45, 7) is 2.90. The van der Waals surface area contributed by atoms with Gasteiger partial charge in [-0.05, 0) is 31.9 Å². The summed E-state index contributed by atoms with van der Waals surface area (Å²) >= 11 is 0. The van der Waals surface area contributed by atoms with E-state index in [9.17, 15) is 4.79 Å². The van der Waals surface area contributed by atoms with Crippen LogP contribution >= 0.6 is 0 Å². The van der Waals surface area contributed by atoms with Crippen molar-refractivity contribution in [2.75, 3.05) is 19.0 Å². The normalized spacial score (nSPS) is 23.4. The van der Waals surface area contributed by atoms with Crippen molar-refractivity contribution < 1.29 is 9.53 Å². The predicted octanol–water partition coefficient (Wildman–Crippen LogP) is 2.02. The molecule has 0 bridgehead atoms. The highest BCUT2D eigenvalue weighted by Gasteiger charge is 2.24. The second kappa shape index (κ2) is 5.87. The fraction of sp³-hybridized carbons (Fsp3) is 0.500. The van der Waals surface area contributed by atoms with Crippen LogP contribution in [0.3, 0.4) is 0 Å². The Bertz CT molecular complexity index is 412. The van der Waals surface area contributed by atoms with E-state index in [0.29, 0.717) is 11.8 Å². The molecule has 1 fully saturated rings. The number of carbonyl (C=O) groups excluding carboxylic acids is 1. The zero-order valence-electron chi connectivity index (χ0n) is 10.9. The molecule has 1 aromatic carbocycles. The summed E-state index contributed by atoms with van der Waals surface area (Å²) in [4.78, 5) is 12.1. The molecule has 0 radical (unpaired) electrons. The monoisotopic (exact) mass is 248 g/mol. The molecule has 0 aliphatic carbocycles. The minimum Gasteiger partial charge on any atom is -0.495 e. The van der Waals surface area contributed by atoms with E-state index < -0.39 is 0 Å². The van der Waals surface area contributed by atoms with Crippen molar-refractivity contribution in [1.29, 1.82) is 0 Å². The lowest BCUT2D eigenvalue weighted by molar-refractivity contribution is -0.120. The Labute approximate surface area is 108 Å². The molecule has 98 valence electrons. The van der Waals surface area contributed by atoms with Gasteiger partial charge in [0.2, 0.25) is 5.91 Å². The molecule has 4 heteroatoms. The number of para-hydroxylation sites is 2.